The molecule has 0 saturated heterocycles. The number of ether oxygens (including phenoxy) is 2. The summed E-state index contributed by atoms with van der Waals surface area (Å²) in [5.41, 5.74) is 6.26. The molecule has 6 nitrogen and oxygen atoms in total. The van der Waals surface area contributed by atoms with E-state index in [0.29, 0.717) is 13.2 Å². The molecule has 0 fully saturated rings. The molecule has 3 N–H and O–H groups in total. The van der Waals surface area contributed by atoms with Gasteiger partial charge in [-0.2, -0.15) is 0 Å². The van der Waals surface area contributed by atoms with Crippen LogP contribution >= 0.6 is 0 Å². The Bertz CT molecular complexity index is 490. The van der Waals surface area contributed by atoms with Crippen LogP contribution in [-0.4, -0.2) is 41.9 Å². The molecule has 0 saturated carbocycles. The van der Waals surface area contributed by atoms with E-state index in [1.165, 1.54) is 20.3 Å². The van der Waals surface area contributed by atoms with E-state index in [1.807, 2.05) is 0 Å². The molecule has 19 heavy (non-hydrogen) atoms. The molecule has 7 heteroatoms. The molecule has 1 unspecified atom stereocenters. The first-order chi connectivity index (χ1) is 9.03. The number of sulfonamides is 1. The van der Waals surface area contributed by atoms with Crippen LogP contribution in [0.15, 0.2) is 29.2 Å². The minimum absolute atomic E-state index is 0.152. The number of benzene rings is 1. The van der Waals surface area contributed by atoms with E-state index in [-0.39, 0.29) is 17.5 Å². The fourth-order valence-electron chi connectivity index (χ4n) is 1.52. The summed E-state index contributed by atoms with van der Waals surface area (Å²) in [4.78, 5) is 0.197. The predicted octanol–water partition coefficient (Wildman–Crippen LogP) is 0.0850. The Morgan fingerprint density at radius 2 is 2.11 bits per heavy atom. The van der Waals surface area contributed by atoms with Crippen LogP contribution in [-0.2, 0) is 26.0 Å². The molecule has 0 aliphatic carbocycles. The Labute approximate surface area is 113 Å². The molecule has 0 bridgehead atoms. The third-order valence-electron chi connectivity index (χ3n) is 2.63. The lowest BCUT2D eigenvalue weighted by Crippen LogP contribution is -2.35. The normalized spacial score (nSPS) is 13.4. The molecular weight excluding hydrogens is 268 g/mol. The molecular formula is C12H20N2O4S. The van der Waals surface area contributed by atoms with Gasteiger partial charge in [0, 0.05) is 27.3 Å². The predicted molar refractivity (Wildman–Crippen MR) is 72.2 cm³/mol. The second-order valence-corrected chi connectivity index (χ2v) is 5.78. The van der Waals surface area contributed by atoms with Crippen LogP contribution in [0, 0.1) is 0 Å². The van der Waals surface area contributed by atoms with Gasteiger partial charge in [0.05, 0.1) is 17.6 Å². The second kappa shape index (κ2) is 7.56. The van der Waals surface area contributed by atoms with Gasteiger partial charge in [0.15, 0.2) is 0 Å². The number of nitrogens with one attached hydrogen (secondary N) is 1. The van der Waals surface area contributed by atoms with Crippen LogP contribution < -0.4 is 10.5 Å². The Balaban J connectivity index is 2.74. The third-order valence-corrected chi connectivity index (χ3v) is 4.05. The summed E-state index contributed by atoms with van der Waals surface area (Å²) in [6.07, 6.45) is -0.322. The van der Waals surface area contributed by atoms with Gasteiger partial charge in [-0.1, -0.05) is 12.1 Å². The highest BCUT2D eigenvalue weighted by Gasteiger charge is 2.16. The van der Waals surface area contributed by atoms with Crippen molar-refractivity contribution >= 4 is 10.0 Å². The van der Waals surface area contributed by atoms with Gasteiger partial charge in [-0.15, -0.1) is 0 Å². The van der Waals surface area contributed by atoms with Crippen molar-refractivity contribution in [3.63, 3.8) is 0 Å². The van der Waals surface area contributed by atoms with Gasteiger partial charge in [0.2, 0.25) is 10.0 Å². The zero-order valence-electron chi connectivity index (χ0n) is 11.1. The molecule has 1 aromatic carbocycles. The number of methoxy groups -OCH3 is 2. The van der Waals surface area contributed by atoms with E-state index in [4.69, 9.17) is 15.2 Å². The van der Waals surface area contributed by atoms with Crippen molar-refractivity contribution in [2.24, 2.45) is 5.73 Å². The number of hydrogen-bond donors (Lipinski definition) is 2. The lowest BCUT2D eigenvalue weighted by molar-refractivity contribution is 0.0320. The van der Waals surface area contributed by atoms with Crippen molar-refractivity contribution in [1.82, 2.24) is 4.72 Å². The smallest absolute Gasteiger partial charge is 0.240 e. The van der Waals surface area contributed by atoms with Gasteiger partial charge < -0.3 is 15.2 Å². The average Bonchev–Trinajstić information content (AvgIpc) is 2.43. The van der Waals surface area contributed by atoms with E-state index in [9.17, 15) is 8.42 Å². The summed E-state index contributed by atoms with van der Waals surface area (Å²) in [7, 11) is -0.518. The summed E-state index contributed by atoms with van der Waals surface area (Å²) in [5.74, 6) is 0. The zero-order valence-corrected chi connectivity index (χ0v) is 11.9. The SMILES string of the molecule is COCC(CNS(=O)(=O)c1cccc(CN)c1)OC. The van der Waals surface area contributed by atoms with Gasteiger partial charge in [-0.25, -0.2) is 13.1 Å². The molecule has 108 valence electrons. The zero-order chi connectivity index (χ0) is 14.3. The highest BCUT2D eigenvalue weighted by molar-refractivity contribution is 7.89. The highest BCUT2D eigenvalue weighted by atomic mass is 32.2. The molecule has 1 atom stereocenters. The minimum atomic E-state index is -3.56. The fraction of sp³-hybridized carbons (Fsp3) is 0.500. The minimum Gasteiger partial charge on any atom is -0.382 e. The van der Waals surface area contributed by atoms with E-state index in [2.05, 4.69) is 4.72 Å². The van der Waals surface area contributed by atoms with Gasteiger partial charge in [-0.05, 0) is 17.7 Å². The van der Waals surface area contributed by atoms with Crippen molar-refractivity contribution in [2.45, 2.75) is 17.5 Å². The highest BCUT2D eigenvalue weighted by Crippen LogP contribution is 2.11. The lowest BCUT2D eigenvalue weighted by atomic mass is 10.2. The van der Waals surface area contributed by atoms with Crippen LogP contribution in [0.25, 0.3) is 0 Å². The monoisotopic (exact) mass is 288 g/mol. The summed E-state index contributed by atoms with van der Waals surface area (Å²) in [5, 5.41) is 0. The molecule has 0 radical (unpaired) electrons. The molecule has 0 aromatic heterocycles. The second-order valence-electron chi connectivity index (χ2n) is 4.02. The Kier molecular flexibility index (Phi) is 6.40. The van der Waals surface area contributed by atoms with Crippen molar-refractivity contribution in [2.75, 3.05) is 27.4 Å². The van der Waals surface area contributed by atoms with Crippen LogP contribution in [0.3, 0.4) is 0 Å². The maximum Gasteiger partial charge on any atom is 0.240 e. The Morgan fingerprint density at radius 1 is 1.37 bits per heavy atom. The first-order valence-corrected chi connectivity index (χ1v) is 7.32. The largest absolute Gasteiger partial charge is 0.382 e. The van der Waals surface area contributed by atoms with Crippen molar-refractivity contribution in [3.8, 4) is 0 Å². The van der Waals surface area contributed by atoms with Crippen LogP contribution in [0.2, 0.25) is 0 Å². The lowest BCUT2D eigenvalue weighted by Gasteiger charge is -2.15. The molecule has 1 aromatic rings. The summed E-state index contributed by atoms with van der Waals surface area (Å²) >= 11 is 0. The molecule has 0 aliphatic rings. The van der Waals surface area contributed by atoms with Crippen molar-refractivity contribution in [3.05, 3.63) is 29.8 Å². The summed E-state index contributed by atoms with van der Waals surface area (Å²) < 4.78 is 36.7. The molecule has 0 aliphatic heterocycles. The number of nitrogens with two attached hydrogens (primary N) is 1. The standard InChI is InChI=1S/C12H20N2O4S/c1-17-9-11(18-2)8-14-19(15,16)12-5-3-4-10(6-12)7-13/h3-6,11,14H,7-9,13H2,1-2H3. The van der Waals surface area contributed by atoms with Gasteiger partial charge in [0.25, 0.3) is 0 Å². The van der Waals surface area contributed by atoms with Crippen LogP contribution in [0.1, 0.15) is 5.56 Å². The maximum atomic E-state index is 12.1. The summed E-state index contributed by atoms with van der Waals surface area (Å²) in [6, 6.07) is 6.53. The molecule has 1 rings (SSSR count). The molecule has 0 spiro atoms. The van der Waals surface area contributed by atoms with Crippen LogP contribution in [0.4, 0.5) is 0 Å². The maximum absolute atomic E-state index is 12.1. The van der Waals surface area contributed by atoms with Gasteiger partial charge >= 0.3 is 0 Å². The third kappa shape index (κ3) is 4.88. The first-order valence-electron chi connectivity index (χ1n) is 5.84. The van der Waals surface area contributed by atoms with Crippen molar-refractivity contribution < 1.29 is 17.9 Å². The summed E-state index contributed by atoms with van der Waals surface area (Å²) in [6.45, 7) is 0.773. The topological polar surface area (TPSA) is 90.7 Å². The first kappa shape index (κ1) is 16.1. The van der Waals surface area contributed by atoms with E-state index in [1.54, 1.807) is 18.2 Å². The molecule has 0 amide bonds. The Hall–Kier alpha value is -0.990. The number of hydrogen-bond acceptors (Lipinski definition) is 5. The quantitative estimate of drug-likeness (QED) is 0.707. The van der Waals surface area contributed by atoms with E-state index >= 15 is 0 Å². The fourth-order valence-corrected chi connectivity index (χ4v) is 2.66. The number of rotatable bonds is 8. The van der Waals surface area contributed by atoms with Gasteiger partial charge in [-0.3, -0.25) is 0 Å². The average molecular weight is 288 g/mol. The van der Waals surface area contributed by atoms with Crippen molar-refractivity contribution in [1.29, 1.82) is 0 Å². The molecule has 0 heterocycles. The van der Waals surface area contributed by atoms with E-state index in [0.717, 1.165) is 5.56 Å². The van der Waals surface area contributed by atoms with E-state index < -0.39 is 10.0 Å². The Morgan fingerprint density at radius 3 is 2.68 bits per heavy atom. The van der Waals surface area contributed by atoms with Gasteiger partial charge in [0.1, 0.15) is 0 Å². The van der Waals surface area contributed by atoms with Crippen LogP contribution in [0.5, 0.6) is 0 Å².